The second-order valence-electron chi connectivity index (χ2n) is 7.54. The van der Waals surface area contributed by atoms with Gasteiger partial charge in [0.15, 0.2) is 0 Å². The van der Waals surface area contributed by atoms with Gasteiger partial charge in [0.1, 0.15) is 5.69 Å². The van der Waals surface area contributed by atoms with Crippen LogP contribution in [0.15, 0.2) is 48.5 Å². The number of amides is 2. The van der Waals surface area contributed by atoms with Gasteiger partial charge in [-0.15, -0.1) is 0 Å². The molecule has 11 heteroatoms. The summed E-state index contributed by atoms with van der Waals surface area (Å²) in [6.07, 6.45) is 1.11. The molecular weight excluding hydrogens is 410 g/mol. The largest absolute Gasteiger partial charge is 0.324 e. The molecule has 2 aromatic rings. The molecule has 0 aliphatic carbocycles. The second kappa shape index (κ2) is 7.26. The highest BCUT2D eigenvalue weighted by Gasteiger charge is 2.47. The van der Waals surface area contributed by atoms with Crippen molar-refractivity contribution in [1.82, 2.24) is 4.90 Å². The lowest BCUT2D eigenvalue weighted by Crippen LogP contribution is -2.49. The standard InChI is InChI=1S/C19H21N5O5S/c20-30(28,29)23-13-19(14-5-1-3-7-16(14)23)9-11-22(12-10-19)18(25)21-15-6-2-4-8-17(15)24(26)27/h1-8H,9-13H2,(H,21,25)(H2,20,28,29). The van der Waals surface area contributed by atoms with Crippen molar-refractivity contribution in [3.63, 3.8) is 0 Å². The number of hydrogen-bond donors (Lipinski definition) is 2. The van der Waals surface area contributed by atoms with Crippen LogP contribution in [0.5, 0.6) is 0 Å². The van der Waals surface area contributed by atoms with Gasteiger partial charge < -0.3 is 10.2 Å². The summed E-state index contributed by atoms with van der Waals surface area (Å²) in [6, 6.07) is 12.8. The van der Waals surface area contributed by atoms with Gasteiger partial charge in [0, 0.05) is 31.1 Å². The Labute approximate surface area is 173 Å². The van der Waals surface area contributed by atoms with Crippen molar-refractivity contribution < 1.29 is 18.1 Å². The van der Waals surface area contributed by atoms with Crippen LogP contribution in [-0.2, 0) is 15.6 Å². The monoisotopic (exact) mass is 431 g/mol. The van der Waals surface area contributed by atoms with E-state index < -0.39 is 26.6 Å². The lowest BCUT2D eigenvalue weighted by molar-refractivity contribution is -0.383. The van der Waals surface area contributed by atoms with Gasteiger partial charge in [-0.25, -0.2) is 9.93 Å². The molecule has 0 saturated carbocycles. The molecule has 4 rings (SSSR count). The number of piperidine rings is 1. The SMILES string of the molecule is NS(=O)(=O)N1CC2(CCN(C(=O)Nc3ccccc3[N+](=O)[O-])CC2)c2ccccc21. The summed E-state index contributed by atoms with van der Waals surface area (Å²) in [5.74, 6) is 0. The molecule has 2 aromatic carbocycles. The van der Waals surface area contributed by atoms with Crippen molar-refractivity contribution in [2.24, 2.45) is 5.14 Å². The van der Waals surface area contributed by atoms with Crippen molar-refractivity contribution in [1.29, 1.82) is 0 Å². The van der Waals surface area contributed by atoms with Crippen LogP contribution < -0.4 is 14.8 Å². The zero-order chi connectivity index (χ0) is 21.5. The second-order valence-corrected chi connectivity index (χ2v) is 9.01. The molecule has 10 nitrogen and oxygen atoms in total. The van der Waals surface area contributed by atoms with Crippen LogP contribution in [0.4, 0.5) is 21.9 Å². The fourth-order valence-electron chi connectivity index (χ4n) is 4.31. The van der Waals surface area contributed by atoms with Crippen molar-refractivity contribution in [3.05, 3.63) is 64.2 Å². The van der Waals surface area contributed by atoms with Gasteiger partial charge in [-0.2, -0.15) is 8.42 Å². The topological polar surface area (TPSA) is 139 Å². The Balaban J connectivity index is 1.51. The minimum atomic E-state index is -3.90. The molecule has 0 radical (unpaired) electrons. The number of carbonyl (C=O) groups excluding carboxylic acids is 1. The predicted octanol–water partition coefficient (Wildman–Crippen LogP) is 2.18. The van der Waals surface area contributed by atoms with E-state index in [0.717, 1.165) is 5.56 Å². The molecule has 0 bridgehead atoms. The normalized spacial score (nSPS) is 17.6. The minimum absolute atomic E-state index is 0.138. The predicted molar refractivity (Wildman–Crippen MR) is 111 cm³/mol. The van der Waals surface area contributed by atoms with Gasteiger partial charge in [-0.3, -0.25) is 14.4 Å². The molecule has 1 saturated heterocycles. The molecule has 2 heterocycles. The summed E-state index contributed by atoms with van der Waals surface area (Å²) in [5, 5.41) is 19.2. The summed E-state index contributed by atoms with van der Waals surface area (Å²) < 4.78 is 25.3. The summed E-state index contributed by atoms with van der Waals surface area (Å²) in [6.45, 7) is 1.02. The van der Waals surface area contributed by atoms with Gasteiger partial charge in [0.05, 0.1) is 10.6 Å². The fourth-order valence-corrected chi connectivity index (χ4v) is 5.17. The van der Waals surface area contributed by atoms with E-state index in [-0.39, 0.29) is 17.9 Å². The number of carbonyl (C=O) groups is 1. The summed E-state index contributed by atoms with van der Waals surface area (Å²) >= 11 is 0. The number of fused-ring (bicyclic) bond motifs is 2. The number of nitro groups is 1. The third kappa shape index (κ3) is 3.46. The molecule has 0 unspecified atom stereocenters. The zero-order valence-corrected chi connectivity index (χ0v) is 16.8. The van der Waals surface area contributed by atoms with E-state index in [1.165, 1.54) is 22.5 Å². The molecule has 2 aliphatic heterocycles. The van der Waals surface area contributed by atoms with E-state index in [4.69, 9.17) is 5.14 Å². The molecule has 1 spiro atoms. The fraction of sp³-hybridized carbons (Fsp3) is 0.316. The maximum Gasteiger partial charge on any atom is 0.322 e. The first-order valence-electron chi connectivity index (χ1n) is 9.41. The molecular formula is C19H21N5O5S. The number of rotatable bonds is 3. The van der Waals surface area contributed by atoms with Gasteiger partial charge in [-0.05, 0) is 30.5 Å². The molecule has 158 valence electrons. The van der Waals surface area contributed by atoms with Crippen molar-refractivity contribution in [2.75, 3.05) is 29.3 Å². The van der Waals surface area contributed by atoms with Crippen LogP contribution in [0, 0.1) is 10.1 Å². The lowest BCUT2D eigenvalue weighted by Gasteiger charge is -2.39. The highest BCUT2D eigenvalue weighted by atomic mass is 32.2. The van der Waals surface area contributed by atoms with E-state index in [0.29, 0.717) is 31.6 Å². The quantitative estimate of drug-likeness (QED) is 0.566. The van der Waals surface area contributed by atoms with E-state index >= 15 is 0 Å². The van der Waals surface area contributed by atoms with Gasteiger partial charge in [-0.1, -0.05) is 30.3 Å². The Hall–Kier alpha value is -3.18. The zero-order valence-electron chi connectivity index (χ0n) is 16.0. The third-order valence-electron chi connectivity index (χ3n) is 5.85. The van der Waals surface area contributed by atoms with Crippen LogP contribution >= 0.6 is 0 Å². The Kier molecular flexibility index (Phi) is 4.86. The van der Waals surface area contributed by atoms with E-state index in [1.54, 1.807) is 23.1 Å². The number of urea groups is 1. The molecule has 0 aromatic heterocycles. The smallest absolute Gasteiger partial charge is 0.322 e. The maximum absolute atomic E-state index is 12.7. The summed E-state index contributed by atoms with van der Waals surface area (Å²) in [4.78, 5) is 24.9. The molecule has 3 N–H and O–H groups in total. The molecule has 1 fully saturated rings. The molecule has 2 amide bonds. The minimum Gasteiger partial charge on any atom is -0.324 e. The Morgan fingerprint density at radius 3 is 2.40 bits per heavy atom. The number of hydrogen-bond acceptors (Lipinski definition) is 5. The van der Waals surface area contributed by atoms with E-state index in [9.17, 15) is 23.3 Å². The lowest BCUT2D eigenvalue weighted by atomic mass is 9.74. The number of para-hydroxylation sites is 3. The van der Waals surface area contributed by atoms with E-state index in [2.05, 4.69) is 5.32 Å². The highest BCUT2D eigenvalue weighted by molar-refractivity contribution is 7.90. The number of likely N-dealkylation sites (tertiary alicyclic amines) is 1. The number of nitro benzene ring substituents is 1. The Morgan fingerprint density at radius 2 is 1.73 bits per heavy atom. The average Bonchev–Trinajstić information content (AvgIpc) is 3.03. The first-order chi connectivity index (χ1) is 14.2. The number of benzene rings is 2. The maximum atomic E-state index is 12.7. The van der Waals surface area contributed by atoms with Crippen molar-refractivity contribution in [2.45, 2.75) is 18.3 Å². The van der Waals surface area contributed by atoms with Crippen LogP contribution in [-0.4, -0.2) is 43.9 Å². The van der Waals surface area contributed by atoms with Crippen molar-refractivity contribution >= 4 is 33.3 Å². The number of anilines is 2. The van der Waals surface area contributed by atoms with Gasteiger partial charge >= 0.3 is 6.03 Å². The third-order valence-corrected chi connectivity index (χ3v) is 6.79. The van der Waals surface area contributed by atoms with Crippen molar-refractivity contribution in [3.8, 4) is 0 Å². The number of nitrogens with two attached hydrogens (primary N) is 1. The number of nitrogens with one attached hydrogen (secondary N) is 1. The van der Waals surface area contributed by atoms with Crippen LogP contribution in [0.25, 0.3) is 0 Å². The van der Waals surface area contributed by atoms with Crippen LogP contribution in [0.1, 0.15) is 18.4 Å². The number of nitrogens with zero attached hydrogens (tertiary/aromatic N) is 3. The molecule has 2 aliphatic rings. The first-order valence-corrected chi connectivity index (χ1v) is 10.9. The Morgan fingerprint density at radius 1 is 1.10 bits per heavy atom. The van der Waals surface area contributed by atoms with Crippen LogP contribution in [0.2, 0.25) is 0 Å². The van der Waals surface area contributed by atoms with Gasteiger partial charge in [0.2, 0.25) is 0 Å². The van der Waals surface area contributed by atoms with E-state index in [1.807, 2.05) is 12.1 Å². The first kappa shape index (κ1) is 20.1. The van der Waals surface area contributed by atoms with Crippen LogP contribution in [0.3, 0.4) is 0 Å². The average molecular weight is 431 g/mol. The summed E-state index contributed by atoms with van der Waals surface area (Å²) in [5.41, 5.74) is 1.04. The highest BCUT2D eigenvalue weighted by Crippen LogP contribution is 2.47. The summed E-state index contributed by atoms with van der Waals surface area (Å²) in [7, 11) is -3.90. The van der Waals surface area contributed by atoms with Gasteiger partial charge in [0.25, 0.3) is 15.9 Å². The molecule has 0 atom stereocenters. The Bertz CT molecular complexity index is 1110. The molecule has 30 heavy (non-hydrogen) atoms.